The third-order valence-corrected chi connectivity index (χ3v) is 3.33. The third-order valence-electron chi connectivity index (χ3n) is 3.33. The van der Waals surface area contributed by atoms with E-state index in [0.29, 0.717) is 16.9 Å². The highest BCUT2D eigenvalue weighted by molar-refractivity contribution is 5.96. The number of aliphatic carboxylic acids is 1. The van der Waals surface area contributed by atoms with Gasteiger partial charge in [-0.1, -0.05) is 12.1 Å². The van der Waals surface area contributed by atoms with Crippen molar-refractivity contribution in [1.82, 2.24) is 5.32 Å². The van der Waals surface area contributed by atoms with Crippen LogP contribution in [0.5, 0.6) is 11.5 Å². The molecule has 0 radical (unpaired) electrons. The molecule has 6 nitrogen and oxygen atoms in total. The zero-order valence-corrected chi connectivity index (χ0v) is 12.5. The van der Waals surface area contributed by atoms with E-state index >= 15 is 0 Å². The van der Waals surface area contributed by atoms with Gasteiger partial charge in [-0.05, 0) is 42.0 Å². The summed E-state index contributed by atoms with van der Waals surface area (Å²) >= 11 is 0. The van der Waals surface area contributed by atoms with Crippen LogP contribution in [0.1, 0.15) is 15.9 Å². The number of carbonyl (C=O) groups excluding carboxylic acids is 1. The molecule has 0 aliphatic heterocycles. The number of carboxylic acids is 1. The van der Waals surface area contributed by atoms with E-state index < -0.39 is 17.9 Å². The number of hydrogen-bond acceptors (Lipinski definition) is 4. The van der Waals surface area contributed by atoms with Crippen molar-refractivity contribution in [3.63, 3.8) is 0 Å². The van der Waals surface area contributed by atoms with Crippen LogP contribution in [0.3, 0.4) is 0 Å². The molecule has 1 atom stereocenters. The van der Waals surface area contributed by atoms with Crippen molar-refractivity contribution in [2.45, 2.75) is 12.5 Å². The second-order valence-corrected chi connectivity index (χ2v) is 4.96. The summed E-state index contributed by atoms with van der Waals surface area (Å²) in [7, 11) is 1.52. The predicted octanol–water partition coefficient (Wildman–Crippen LogP) is 1.83. The van der Waals surface area contributed by atoms with Crippen molar-refractivity contribution < 1.29 is 24.5 Å². The van der Waals surface area contributed by atoms with E-state index in [2.05, 4.69) is 5.32 Å². The second kappa shape index (κ2) is 7.31. The highest BCUT2D eigenvalue weighted by Gasteiger charge is 2.21. The predicted molar refractivity (Wildman–Crippen MR) is 83.7 cm³/mol. The van der Waals surface area contributed by atoms with E-state index in [1.807, 2.05) is 0 Å². The van der Waals surface area contributed by atoms with Gasteiger partial charge in [-0.25, -0.2) is 4.79 Å². The molecule has 120 valence electrons. The highest BCUT2D eigenvalue weighted by Crippen LogP contribution is 2.13. The minimum Gasteiger partial charge on any atom is -0.508 e. The van der Waals surface area contributed by atoms with Crippen LogP contribution in [-0.4, -0.2) is 35.2 Å². The molecule has 0 heterocycles. The zero-order chi connectivity index (χ0) is 16.8. The molecule has 0 saturated heterocycles. The Morgan fingerprint density at radius 1 is 1.09 bits per heavy atom. The minimum atomic E-state index is -1.13. The lowest BCUT2D eigenvalue weighted by molar-refractivity contribution is -0.139. The van der Waals surface area contributed by atoms with Crippen molar-refractivity contribution in [2.24, 2.45) is 0 Å². The van der Waals surface area contributed by atoms with Gasteiger partial charge in [0.2, 0.25) is 0 Å². The summed E-state index contributed by atoms with van der Waals surface area (Å²) < 4.78 is 5.01. The number of nitrogens with one attached hydrogen (secondary N) is 1. The lowest BCUT2D eigenvalue weighted by Crippen LogP contribution is -2.42. The molecule has 0 saturated carbocycles. The van der Waals surface area contributed by atoms with E-state index in [1.165, 1.54) is 19.2 Å². The first-order valence-corrected chi connectivity index (χ1v) is 6.95. The van der Waals surface area contributed by atoms with Gasteiger partial charge in [0.1, 0.15) is 17.5 Å². The number of hydrogen-bond donors (Lipinski definition) is 3. The molecule has 2 aromatic carbocycles. The van der Waals surface area contributed by atoms with Crippen LogP contribution < -0.4 is 10.1 Å². The van der Waals surface area contributed by atoms with Crippen LogP contribution in [0.2, 0.25) is 0 Å². The smallest absolute Gasteiger partial charge is 0.326 e. The number of phenolic OH excluding ortho intramolecular Hbond substituents is 1. The fraction of sp³-hybridized carbons (Fsp3) is 0.176. The average Bonchev–Trinajstić information content (AvgIpc) is 2.56. The Bertz CT molecular complexity index is 679. The SMILES string of the molecule is COc1ccc(C(=O)NC(Cc2ccc(O)cc2)C(=O)O)cc1. The fourth-order valence-corrected chi connectivity index (χ4v) is 2.05. The number of methoxy groups -OCH3 is 1. The number of ether oxygens (including phenoxy) is 1. The van der Waals surface area contributed by atoms with Gasteiger partial charge in [0.25, 0.3) is 5.91 Å². The lowest BCUT2D eigenvalue weighted by atomic mass is 10.1. The lowest BCUT2D eigenvalue weighted by Gasteiger charge is -2.15. The minimum absolute atomic E-state index is 0.0999. The Balaban J connectivity index is 2.07. The monoisotopic (exact) mass is 315 g/mol. The summed E-state index contributed by atoms with van der Waals surface area (Å²) in [5.74, 6) is -0.887. The van der Waals surface area contributed by atoms with Crippen LogP contribution in [0.25, 0.3) is 0 Å². The number of aromatic hydroxyl groups is 1. The van der Waals surface area contributed by atoms with Gasteiger partial charge in [-0.2, -0.15) is 0 Å². The standard InChI is InChI=1S/C17H17NO5/c1-23-14-8-4-12(5-9-14)16(20)18-15(17(21)22)10-11-2-6-13(19)7-3-11/h2-9,15,19H,10H2,1H3,(H,18,20)(H,21,22). The quantitative estimate of drug-likeness (QED) is 0.756. The molecule has 0 bridgehead atoms. The Hall–Kier alpha value is -3.02. The van der Waals surface area contributed by atoms with Crippen LogP contribution in [0.4, 0.5) is 0 Å². The number of rotatable bonds is 6. The molecule has 1 amide bonds. The molecule has 0 spiro atoms. The molecule has 6 heteroatoms. The van der Waals surface area contributed by atoms with Gasteiger partial charge < -0.3 is 20.3 Å². The summed E-state index contributed by atoms with van der Waals surface area (Å²) in [6, 6.07) is 11.5. The summed E-state index contributed by atoms with van der Waals surface area (Å²) in [4.78, 5) is 23.5. The van der Waals surface area contributed by atoms with E-state index in [0.717, 1.165) is 0 Å². The summed E-state index contributed by atoms with van der Waals surface area (Å²) in [6.07, 6.45) is 0.123. The molecule has 0 fully saturated rings. The maximum atomic E-state index is 12.1. The van der Waals surface area contributed by atoms with Gasteiger partial charge in [0.15, 0.2) is 0 Å². The van der Waals surface area contributed by atoms with Crippen molar-refractivity contribution >= 4 is 11.9 Å². The largest absolute Gasteiger partial charge is 0.508 e. The van der Waals surface area contributed by atoms with Crippen LogP contribution in [-0.2, 0) is 11.2 Å². The first-order chi connectivity index (χ1) is 11.0. The van der Waals surface area contributed by atoms with E-state index in [1.54, 1.807) is 36.4 Å². The first-order valence-electron chi connectivity index (χ1n) is 6.95. The van der Waals surface area contributed by atoms with E-state index in [9.17, 15) is 19.8 Å². The van der Waals surface area contributed by atoms with E-state index in [4.69, 9.17) is 4.74 Å². The molecule has 0 aromatic heterocycles. The maximum absolute atomic E-state index is 12.1. The molecule has 1 unspecified atom stereocenters. The first kappa shape index (κ1) is 16.4. The Labute approximate surface area is 133 Å². The van der Waals surface area contributed by atoms with Crippen LogP contribution >= 0.6 is 0 Å². The number of carboxylic acid groups (broad SMARTS) is 1. The molecule has 23 heavy (non-hydrogen) atoms. The van der Waals surface area contributed by atoms with Gasteiger partial charge in [-0.15, -0.1) is 0 Å². The molecular weight excluding hydrogens is 298 g/mol. The van der Waals surface area contributed by atoms with Crippen LogP contribution in [0, 0.1) is 0 Å². The number of phenols is 1. The van der Waals surface area contributed by atoms with Crippen LogP contribution in [0.15, 0.2) is 48.5 Å². The average molecular weight is 315 g/mol. The highest BCUT2D eigenvalue weighted by atomic mass is 16.5. The fourth-order valence-electron chi connectivity index (χ4n) is 2.05. The molecule has 2 rings (SSSR count). The number of carbonyl (C=O) groups is 2. The Kier molecular flexibility index (Phi) is 5.19. The number of benzene rings is 2. The van der Waals surface area contributed by atoms with Gasteiger partial charge in [-0.3, -0.25) is 4.79 Å². The molecule has 0 aliphatic rings. The number of amides is 1. The van der Waals surface area contributed by atoms with Gasteiger partial charge in [0.05, 0.1) is 7.11 Å². The molecule has 0 aliphatic carbocycles. The van der Waals surface area contributed by atoms with Gasteiger partial charge in [0, 0.05) is 12.0 Å². The van der Waals surface area contributed by atoms with Crippen molar-refractivity contribution in [1.29, 1.82) is 0 Å². The van der Waals surface area contributed by atoms with Crippen molar-refractivity contribution in [3.05, 3.63) is 59.7 Å². The second-order valence-electron chi connectivity index (χ2n) is 4.96. The molecule has 3 N–H and O–H groups in total. The summed E-state index contributed by atoms with van der Waals surface area (Å²) in [5.41, 5.74) is 1.05. The Morgan fingerprint density at radius 3 is 2.22 bits per heavy atom. The normalized spacial score (nSPS) is 11.5. The zero-order valence-electron chi connectivity index (χ0n) is 12.5. The van der Waals surface area contributed by atoms with Gasteiger partial charge >= 0.3 is 5.97 Å². The summed E-state index contributed by atoms with van der Waals surface area (Å²) in [6.45, 7) is 0. The van der Waals surface area contributed by atoms with Crippen molar-refractivity contribution in [3.8, 4) is 11.5 Å². The molecule has 2 aromatic rings. The summed E-state index contributed by atoms with van der Waals surface area (Å²) in [5, 5.41) is 21.0. The Morgan fingerprint density at radius 2 is 1.70 bits per heavy atom. The molecular formula is C17H17NO5. The third kappa shape index (κ3) is 4.47. The maximum Gasteiger partial charge on any atom is 0.326 e. The van der Waals surface area contributed by atoms with Crippen molar-refractivity contribution in [2.75, 3.05) is 7.11 Å². The van der Waals surface area contributed by atoms with E-state index in [-0.39, 0.29) is 12.2 Å². The topological polar surface area (TPSA) is 95.9 Å².